The van der Waals surface area contributed by atoms with Gasteiger partial charge in [0, 0.05) is 30.9 Å². The summed E-state index contributed by atoms with van der Waals surface area (Å²) in [7, 11) is 4.86. The number of benzene rings is 3. The normalized spacial score (nSPS) is 10.4. The fourth-order valence-electron chi connectivity index (χ4n) is 2.46. The molecular weight excluding hydrogens is 318 g/mol. The SMILES string of the molecule is COc1c(Oc2ccccc2)cc(OC(=O)N(C)C)c2ccccc12. The van der Waals surface area contributed by atoms with E-state index in [9.17, 15) is 4.79 Å². The Morgan fingerprint density at radius 2 is 1.52 bits per heavy atom. The Balaban J connectivity index is 2.13. The first-order valence-corrected chi connectivity index (χ1v) is 7.82. The molecule has 0 N–H and O–H groups in total. The van der Waals surface area contributed by atoms with E-state index in [2.05, 4.69) is 0 Å². The molecule has 128 valence electrons. The van der Waals surface area contributed by atoms with Crippen molar-refractivity contribution in [3.8, 4) is 23.0 Å². The lowest BCUT2D eigenvalue weighted by Gasteiger charge is -2.17. The van der Waals surface area contributed by atoms with Crippen molar-refractivity contribution < 1.29 is 19.0 Å². The smallest absolute Gasteiger partial charge is 0.414 e. The van der Waals surface area contributed by atoms with Crippen molar-refractivity contribution in [2.75, 3.05) is 21.2 Å². The van der Waals surface area contributed by atoms with E-state index in [4.69, 9.17) is 14.2 Å². The molecule has 0 saturated carbocycles. The zero-order valence-electron chi connectivity index (χ0n) is 14.4. The predicted octanol–water partition coefficient (Wildman–Crippen LogP) is 4.70. The molecule has 25 heavy (non-hydrogen) atoms. The number of hydrogen-bond acceptors (Lipinski definition) is 4. The molecule has 5 heteroatoms. The molecule has 3 rings (SSSR count). The van der Waals surface area contributed by atoms with Crippen molar-refractivity contribution in [2.45, 2.75) is 0 Å². The highest BCUT2D eigenvalue weighted by molar-refractivity contribution is 5.97. The van der Waals surface area contributed by atoms with Crippen LogP contribution < -0.4 is 14.2 Å². The van der Waals surface area contributed by atoms with E-state index in [-0.39, 0.29) is 0 Å². The molecule has 0 aliphatic heterocycles. The number of methoxy groups -OCH3 is 1. The highest BCUT2D eigenvalue weighted by Gasteiger charge is 2.18. The minimum atomic E-state index is -0.457. The number of nitrogens with zero attached hydrogens (tertiary/aromatic N) is 1. The Hall–Kier alpha value is -3.21. The van der Waals surface area contributed by atoms with Crippen molar-refractivity contribution in [2.24, 2.45) is 0 Å². The highest BCUT2D eigenvalue weighted by Crippen LogP contribution is 2.43. The molecule has 0 radical (unpaired) electrons. The summed E-state index contributed by atoms with van der Waals surface area (Å²) >= 11 is 0. The maximum Gasteiger partial charge on any atom is 0.414 e. The summed E-state index contributed by atoms with van der Waals surface area (Å²) in [6.07, 6.45) is -0.457. The van der Waals surface area contributed by atoms with E-state index in [1.54, 1.807) is 27.3 Å². The van der Waals surface area contributed by atoms with E-state index in [0.717, 1.165) is 10.8 Å². The van der Waals surface area contributed by atoms with Gasteiger partial charge in [-0.2, -0.15) is 0 Å². The van der Waals surface area contributed by atoms with Gasteiger partial charge in [-0.25, -0.2) is 4.79 Å². The molecule has 5 nitrogen and oxygen atoms in total. The lowest BCUT2D eigenvalue weighted by molar-refractivity contribution is 0.172. The van der Waals surface area contributed by atoms with Gasteiger partial charge in [0.05, 0.1) is 7.11 Å². The van der Waals surface area contributed by atoms with Crippen LogP contribution in [0.4, 0.5) is 4.79 Å². The standard InChI is InChI=1S/C20H19NO4/c1-21(2)20(22)25-17-13-18(24-14-9-5-4-6-10-14)19(23-3)16-12-8-7-11-15(16)17/h4-13H,1-3H3. The van der Waals surface area contributed by atoms with Crippen LogP contribution in [0.5, 0.6) is 23.0 Å². The van der Waals surface area contributed by atoms with E-state index in [1.807, 2.05) is 54.6 Å². The van der Waals surface area contributed by atoms with Gasteiger partial charge in [-0.15, -0.1) is 0 Å². The lowest BCUT2D eigenvalue weighted by Crippen LogP contribution is -2.25. The molecule has 0 atom stereocenters. The predicted molar refractivity (Wildman–Crippen MR) is 96.7 cm³/mol. The molecule has 0 aliphatic rings. The number of para-hydroxylation sites is 1. The summed E-state index contributed by atoms with van der Waals surface area (Å²) in [5.74, 6) is 2.15. The minimum absolute atomic E-state index is 0.418. The monoisotopic (exact) mass is 337 g/mol. The van der Waals surface area contributed by atoms with Crippen molar-refractivity contribution >= 4 is 16.9 Å². The van der Waals surface area contributed by atoms with Crippen LogP contribution in [0.1, 0.15) is 0 Å². The number of carbonyl (C=O) groups is 1. The minimum Gasteiger partial charge on any atom is -0.492 e. The maximum atomic E-state index is 12.0. The first kappa shape index (κ1) is 16.6. The third-order valence-electron chi connectivity index (χ3n) is 3.66. The number of rotatable bonds is 4. The van der Waals surface area contributed by atoms with E-state index in [0.29, 0.717) is 23.0 Å². The molecule has 0 fully saturated rings. The average Bonchev–Trinajstić information content (AvgIpc) is 2.62. The molecule has 3 aromatic rings. The van der Waals surface area contributed by atoms with Gasteiger partial charge < -0.3 is 19.1 Å². The van der Waals surface area contributed by atoms with Crippen molar-refractivity contribution in [1.29, 1.82) is 0 Å². The Bertz CT molecular complexity index is 891. The third kappa shape index (κ3) is 3.50. The third-order valence-corrected chi connectivity index (χ3v) is 3.66. The zero-order chi connectivity index (χ0) is 17.8. The van der Waals surface area contributed by atoms with Gasteiger partial charge in [0.15, 0.2) is 11.5 Å². The van der Waals surface area contributed by atoms with Crippen LogP contribution >= 0.6 is 0 Å². The molecule has 1 amide bonds. The van der Waals surface area contributed by atoms with Gasteiger partial charge >= 0.3 is 6.09 Å². The van der Waals surface area contributed by atoms with Crippen molar-refractivity contribution in [3.63, 3.8) is 0 Å². The molecule has 0 aliphatic carbocycles. The van der Waals surface area contributed by atoms with Crippen LogP contribution in [0, 0.1) is 0 Å². The summed E-state index contributed by atoms with van der Waals surface area (Å²) < 4.78 is 17.0. The molecular formula is C20H19NO4. The van der Waals surface area contributed by atoms with E-state index in [1.165, 1.54) is 4.90 Å². The summed E-state index contributed by atoms with van der Waals surface area (Å²) in [6.45, 7) is 0. The number of carbonyl (C=O) groups excluding carboxylic acids is 1. The van der Waals surface area contributed by atoms with Crippen LogP contribution in [0.3, 0.4) is 0 Å². The number of hydrogen-bond donors (Lipinski definition) is 0. The van der Waals surface area contributed by atoms with Crippen LogP contribution in [0.15, 0.2) is 60.7 Å². The highest BCUT2D eigenvalue weighted by atomic mass is 16.6. The average molecular weight is 337 g/mol. The summed E-state index contributed by atoms with van der Waals surface area (Å²) in [5, 5.41) is 1.58. The summed E-state index contributed by atoms with van der Waals surface area (Å²) in [4.78, 5) is 13.4. The quantitative estimate of drug-likeness (QED) is 0.692. The summed E-state index contributed by atoms with van der Waals surface area (Å²) in [6, 6.07) is 18.6. The van der Waals surface area contributed by atoms with Crippen molar-refractivity contribution in [3.05, 3.63) is 60.7 Å². The van der Waals surface area contributed by atoms with Crippen LogP contribution in [0.25, 0.3) is 10.8 Å². The maximum absolute atomic E-state index is 12.0. The van der Waals surface area contributed by atoms with Crippen molar-refractivity contribution in [1.82, 2.24) is 4.90 Å². The molecule has 0 heterocycles. The van der Waals surface area contributed by atoms with Gasteiger partial charge in [-0.1, -0.05) is 42.5 Å². The lowest BCUT2D eigenvalue weighted by atomic mass is 10.1. The second-order valence-electron chi connectivity index (χ2n) is 5.63. The van der Waals surface area contributed by atoms with Gasteiger partial charge in [0.25, 0.3) is 0 Å². The molecule has 0 unspecified atom stereocenters. The van der Waals surface area contributed by atoms with Gasteiger partial charge in [-0.3, -0.25) is 0 Å². The number of amides is 1. The fraction of sp³-hybridized carbons (Fsp3) is 0.150. The molecule has 0 saturated heterocycles. The van der Waals surface area contributed by atoms with Crippen LogP contribution in [-0.2, 0) is 0 Å². The van der Waals surface area contributed by atoms with Gasteiger partial charge in [-0.05, 0) is 12.1 Å². The second-order valence-corrected chi connectivity index (χ2v) is 5.63. The Morgan fingerprint density at radius 3 is 2.16 bits per heavy atom. The Labute approximate surface area is 146 Å². The Kier molecular flexibility index (Phi) is 4.75. The number of ether oxygens (including phenoxy) is 3. The first-order valence-electron chi connectivity index (χ1n) is 7.82. The molecule has 0 spiro atoms. The molecule has 0 aromatic heterocycles. The zero-order valence-corrected chi connectivity index (χ0v) is 14.4. The molecule has 0 bridgehead atoms. The van der Waals surface area contributed by atoms with Crippen LogP contribution in [-0.4, -0.2) is 32.2 Å². The summed E-state index contributed by atoms with van der Waals surface area (Å²) in [5.41, 5.74) is 0. The van der Waals surface area contributed by atoms with E-state index < -0.39 is 6.09 Å². The van der Waals surface area contributed by atoms with Crippen LogP contribution in [0.2, 0.25) is 0 Å². The Morgan fingerprint density at radius 1 is 0.880 bits per heavy atom. The fourth-order valence-corrected chi connectivity index (χ4v) is 2.46. The number of fused-ring (bicyclic) bond motifs is 1. The largest absolute Gasteiger partial charge is 0.492 e. The van der Waals surface area contributed by atoms with E-state index >= 15 is 0 Å². The van der Waals surface area contributed by atoms with Gasteiger partial charge in [0.2, 0.25) is 0 Å². The topological polar surface area (TPSA) is 48.0 Å². The second kappa shape index (κ2) is 7.13. The first-order chi connectivity index (χ1) is 12.1. The molecule has 3 aromatic carbocycles. The van der Waals surface area contributed by atoms with Gasteiger partial charge in [0.1, 0.15) is 11.5 Å².